The molecule has 0 aliphatic heterocycles. The number of hydrogen-bond donors (Lipinski definition) is 1. The third-order valence-electron chi connectivity index (χ3n) is 3.20. The summed E-state index contributed by atoms with van der Waals surface area (Å²) in [5.74, 6) is -1.67. The summed E-state index contributed by atoms with van der Waals surface area (Å²) < 4.78 is 5.00. The molecule has 0 aliphatic carbocycles. The molecule has 5 heteroatoms. The summed E-state index contributed by atoms with van der Waals surface area (Å²) in [6, 6.07) is 9.78. The zero-order valence-corrected chi connectivity index (χ0v) is 14.6. The van der Waals surface area contributed by atoms with E-state index in [1.54, 1.807) is 13.0 Å². The van der Waals surface area contributed by atoms with Gasteiger partial charge in [-0.15, -0.1) is 0 Å². The largest absolute Gasteiger partial charge is 0.481 e. The Bertz CT molecular complexity index is 615. The second-order valence-corrected chi connectivity index (χ2v) is 6.44. The highest BCUT2D eigenvalue weighted by molar-refractivity contribution is 8.02. The molecule has 23 heavy (non-hydrogen) atoms. The van der Waals surface area contributed by atoms with Crippen molar-refractivity contribution in [3.63, 3.8) is 0 Å². The first-order chi connectivity index (χ1) is 10.8. The van der Waals surface area contributed by atoms with Crippen molar-refractivity contribution >= 4 is 23.7 Å². The standard InChI is InChI=1S/C18H22O4S/c1-5-22-16(19)15(18(3,4)17(20)21)11-13(2)12-23-14-9-7-6-8-10-14/h6-12H,5H2,1-4H3,(H,20,21)/b13-12+,15-11-. The molecule has 0 aliphatic rings. The highest BCUT2D eigenvalue weighted by atomic mass is 32.2. The highest BCUT2D eigenvalue weighted by Crippen LogP contribution is 2.30. The smallest absolute Gasteiger partial charge is 0.335 e. The van der Waals surface area contributed by atoms with E-state index in [1.165, 1.54) is 25.6 Å². The van der Waals surface area contributed by atoms with Crippen LogP contribution in [-0.2, 0) is 14.3 Å². The van der Waals surface area contributed by atoms with Crippen LogP contribution in [0.3, 0.4) is 0 Å². The van der Waals surface area contributed by atoms with Gasteiger partial charge < -0.3 is 9.84 Å². The van der Waals surface area contributed by atoms with E-state index in [0.29, 0.717) is 0 Å². The van der Waals surface area contributed by atoms with E-state index in [0.717, 1.165) is 10.5 Å². The number of carbonyl (C=O) groups excluding carboxylic acids is 1. The van der Waals surface area contributed by atoms with E-state index in [4.69, 9.17) is 4.74 Å². The van der Waals surface area contributed by atoms with Crippen molar-refractivity contribution in [3.8, 4) is 0 Å². The Kier molecular flexibility index (Phi) is 7.10. The first-order valence-corrected chi connectivity index (χ1v) is 8.18. The Morgan fingerprint density at radius 2 is 1.87 bits per heavy atom. The fourth-order valence-corrected chi connectivity index (χ4v) is 2.44. The highest BCUT2D eigenvalue weighted by Gasteiger charge is 2.36. The lowest BCUT2D eigenvalue weighted by Crippen LogP contribution is -2.31. The normalized spacial score (nSPS) is 12.9. The van der Waals surface area contributed by atoms with Crippen LogP contribution in [0.2, 0.25) is 0 Å². The summed E-state index contributed by atoms with van der Waals surface area (Å²) in [5, 5.41) is 11.3. The molecule has 0 radical (unpaired) electrons. The van der Waals surface area contributed by atoms with Gasteiger partial charge in [-0.25, -0.2) is 4.79 Å². The molecule has 1 N–H and O–H groups in total. The molecule has 0 bridgehead atoms. The molecule has 0 amide bonds. The molecule has 0 aromatic heterocycles. The number of thioether (sulfide) groups is 1. The summed E-state index contributed by atoms with van der Waals surface area (Å²) in [4.78, 5) is 24.6. The van der Waals surface area contributed by atoms with Gasteiger partial charge in [0.25, 0.3) is 0 Å². The first-order valence-electron chi connectivity index (χ1n) is 7.30. The van der Waals surface area contributed by atoms with Crippen molar-refractivity contribution in [1.82, 2.24) is 0 Å². The fourth-order valence-electron chi connectivity index (χ4n) is 1.74. The molecule has 1 rings (SSSR count). The lowest BCUT2D eigenvalue weighted by atomic mass is 9.83. The molecule has 0 saturated heterocycles. The quantitative estimate of drug-likeness (QED) is 0.349. The fraction of sp³-hybridized carbons (Fsp3) is 0.333. The summed E-state index contributed by atoms with van der Waals surface area (Å²) in [7, 11) is 0. The van der Waals surface area contributed by atoms with Gasteiger partial charge in [0.1, 0.15) is 0 Å². The van der Waals surface area contributed by atoms with Crippen molar-refractivity contribution in [3.05, 3.63) is 53.0 Å². The van der Waals surface area contributed by atoms with Crippen molar-refractivity contribution in [2.24, 2.45) is 5.41 Å². The molecule has 0 fully saturated rings. The molecule has 1 aromatic rings. The Hall–Kier alpha value is -2.01. The number of carbonyl (C=O) groups is 2. The minimum Gasteiger partial charge on any atom is -0.481 e. The van der Waals surface area contributed by atoms with Crippen molar-refractivity contribution < 1.29 is 19.4 Å². The molecular formula is C18H22O4S. The lowest BCUT2D eigenvalue weighted by Gasteiger charge is -2.22. The van der Waals surface area contributed by atoms with E-state index >= 15 is 0 Å². The summed E-state index contributed by atoms with van der Waals surface area (Å²) in [6.45, 7) is 6.71. The van der Waals surface area contributed by atoms with Gasteiger partial charge in [-0.05, 0) is 56.9 Å². The number of carboxylic acid groups (broad SMARTS) is 1. The van der Waals surface area contributed by atoms with Gasteiger partial charge in [0.05, 0.1) is 17.6 Å². The van der Waals surface area contributed by atoms with Crippen molar-refractivity contribution in [1.29, 1.82) is 0 Å². The van der Waals surface area contributed by atoms with E-state index in [1.807, 2.05) is 42.7 Å². The van der Waals surface area contributed by atoms with E-state index in [2.05, 4.69) is 0 Å². The number of ether oxygens (including phenoxy) is 1. The van der Waals surface area contributed by atoms with Crippen molar-refractivity contribution in [2.75, 3.05) is 6.61 Å². The SMILES string of the molecule is CCOC(=O)/C(=C/C(C)=C/Sc1ccccc1)C(C)(C)C(=O)O. The number of hydrogen-bond acceptors (Lipinski definition) is 4. The van der Waals surface area contributed by atoms with Gasteiger partial charge in [0.2, 0.25) is 0 Å². The number of rotatable bonds is 7. The van der Waals surface area contributed by atoms with Crippen LogP contribution >= 0.6 is 11.8 Å². The summed E-state index contributed by atoms with van der Waals surface area (Å²) in [6.07, 6.45) is 1.59. The van der Waals surface area contributed by atoms with Gasteiger partial charge >= 0.3 is 11.9 Å². The van der Waals surface area contributed by atoms with E-state index < -0.39 is 17.4 Å². The molecule has 0 saturated carbocycles. The van der Waals surface area contributed by atoms with E-state index in [9.17, 15) is 14.7 Å². The second kappa shape index (κ2) is 8.58. The third-order valence-corrected chi connectivity index (χ3v) is 4.23. The molecule has 0 atom stereocenters. The van der Waals surface area contributed by atoms with Crippen LogP contribution in [0, 0.1) is 5.41 Å². The Balaban J connectivity index is 3.07. The number of allylic oxidation sites excluding steroid dienone is 2. The predicted molar refractivity (Wildman–Crippen MR) is 92.2 cm³/mol. The summed E-state index contributed by atoms with van der Waals surface area (Å²) >= 11 is 1.51. The van der Waals surface area contributed by atoms with Crippen LogP contribution in [0.5, 0.6) is 0 Å². The average molecular weight is 334 g/mol. The Labute approximate surface area is 141 Å². The van der Waals surface area contributed by atoms with Gasteiger partial charge in [0.15, 0.2) is 0 Å². The second-order valence-electron chi connectivity index (χ2n) is 5.50. The molecule has 0 heterocycles. The van der Waals surface area contributed by atoms with Crippen LogP contribution < -0.4 is 0 Å². The van der Waals surface area contributed by atoms with Gasteiger partial charge in [-0.3, -0.25) is 4.79 Å². The first kappa shape index (κ1) is 19.0. The third kappa shape index (κ3) is 5.60. The minimum absolute atomic E-state index is 0.134. The van der Waals surface area contributed by atoms with Gasteiger partial charge in [0, 0.05) is 4.90 Å². The molecule has 0 unspecified atom stereocenters. The Morgan fingerprint density at radius 1 is 1.26 bits per heavy atom. The zero-order chi connectivity index (χ0) is 17.5. The van der Waals surface area contributed by atoms with Crippen molar-refractivity contribution in [2.45, 2.75) is 32.6 Å². The van der Waals surface area contributed by atoms with Crippen LogP contribution in [0.4, 0.5) is 0 Å². The maximum atomic E-state index is 12.1. The average Bonchev–Trinajstić information content (AvgIpc) is 2.51. The number of esters is 1. The molecule has 1 aromatic carbocycles. The lowest BCUT2D eigenvalue weighted by molar-refractivity contribution is -0.149. The molecule has 0 spiro atoms. The van der Waals surface area contributed by atoms with Gasteiger partial charge in [-0.1, -0.05) is 30.0 Å². The predicted octanol–water partition coefficient (Wildman–Crippen LogP) is 4.28. The van der Waals surface area contributed by atoms with Crippen LogP contribution in [0.15, 0.2) is 57.9 Å². The monoisotopic (exact) mass is 334 g/mol. The van der Waals surface area contributed by atoms with Crippen LogP contribution in [0.1, 0.15) is 27.7 Å². The Morgan fingerprint density at radius 3 is 2.39 bits per heavy atom. The topological polar surface area (TPSA) is 63.6 Å². The van der Waals surface area contributed by atoms with Gasteiger partial charge in [-0.2, -0.15) is 0 Å². The molecular weight excluding hydrogens is 312 g/mol. The van der Waals surface area contributed by atoms with Crippen LogP contribution in [0.25, 0.3) is 0 Å². The number of aliphatic carboxylic acids is 1. The van der Waals surface area contributed by atoms with E-state index in [-0.39, 0.29) is 12.2 Å². The minimum atomic E-state index is -1.32. The maximum absolute atomic E-state index is 12.1. The zero-order valence-electron chi connectivity index (χ0n) is 13.8. The summed E-state index contributed by atoms with van der Waals surface area (Å²) in [5.41, 5.74) is -0.399. The number of benzene rings is 1. The maximum Gasteiger partial charge on any atom is 0.335 e. The molecule has 124 valence electrons. The van der Waals surface area contributed by atoms with Crippen LogP contribution in [-0.4, -0.2) is 23.7 Å². The number of carboxylic acids is 1. The molecule has 4 nitrogen and oxygen atoms in total.